The second-order valence-electron chi connectivity index (χ2n) is 6.86. The number of ether oxygens (including phenoxy) is 3. The first kappa shape index (κ1) is 17.7. The number of hydrogen-bond acceptors (Lipinski definition) is 4. The van der Waals surface area contributed by atoms with Gasteiger partial charge in [0.25, 0.3) is 0 Å². The van der Waals surface area contributed by atoms with Gasteiger partial charge in [-0.05, 0) is 55.7 Å². The van der Waals surface area contributed by atoms with Crippen LogP contribution < -0.4 is 24.8 Å². The van der Waals surface area contributed by atoms with Gasteiger partial charge < -0.3 is 24.8 Å². The summed E-state index contributed by atoms with van der Waals surface area (Å²) >= 11 is 0. The summed E-state index contributed by atoms with van der Waals surface area (Å²) in [6, 6.07) is 4.19. The molecule has 2 aliphatic carbocycles. The van der Waals surface area contributed by atoms with Crippen molar-refractivity contribution in [2.75, 3.05) is 27.4 Å². The number of hydrogen-bond donors (Lipinski definition) is 2. The van der Waals surface area contributed by atoms with E-state index in [1.807, 2.05) is 12.1 Å². The van der Waals surface area contributed by atoms with Gasteiger partial charge in [0.2, 0.25) is 5.75 Å². The van der Waals surface area contributed by atoms with Gasteiger partial charge >= 0.3 is 6.03 Å². The van der Waals surface area contributed by atoms with E-state index < -0.39 is 0 Å². The van der Waals surface area contributed by atoms with Gasteiger partial charge in [-0.25, -0.2) is 4.79 Å². The third kappa shape index (κ3) is 4.94. The highest BCUT2D eigenvalue weighted by Crippen LogP contribution is 2.40. The zero-order chi connectivity index (χ0) is 17.6. The third-order valence-corrected chi connectivity index (χ3v) is 4.82. The molecule has 6 heteroatoms. The Morgan fingerprint density at radius 3 is 2.32 bits per heavy atom. The molecule has 1 aromatic rings. The Labute approximate surface area is 149 Å². The number of carbonyl (C=O) groups excluding carboxylic acids is 1. The third-order valence-electron chi connectivity index (χ3n) is 4.82. The number of methoxy groups -OCH3 is 2. The molecule has 2 aliphatic rings. The highest BCUT2D eigenvalue weighted by molar-refractivity contribution is 5.74. The Bertz CT molecular complexity index is 572. The maximum absolute atomic E-state index is 11.7. The lowest BCUT2D eigenvalue weighted by molar-refractivity contribution is 0.171. The van der Waals surface area contributed by atoms with E-state index in [-0.39, 0.29) is 6.03 Å². The van der Waals surface area contributed by atoms with Gasteiger partial charge in [0.05, 0.1) is 20.8 Å². The maximum atomic E-state index is 11.7. The summed E-state index contributed by atoms with van der Waals surface area (Å²) < 4.78 is 17.0. The fourth-order valence-electron chi connectivity index (χ4n) is 2.87. The predicted octanol–water partition coefficient (Wildman–Crippen LogP) is 2.89. The van der Waals surface area contributed by atoms with Crippen molar-refractivity contribution in [1.29, 1.82) is 0 Å². The number of urea groups is 1. The van der Waals surface area contributed by atoms with E-state index in [0.717, 1.165) is 18.4 Å². The van der Waals surface area contributed by atoms with Crippen LogP contribution in [0.15, 0.2) is 12.1 Å². The molecule has 6 nitrogen and oxygen atoms in total. The Morgan fingerprint density at radius 1 is 1.12 bits per heavy atom. The van der Waals surface area contributed by atoms with E-state index in [9.17, 15) is 4.79 Å². The minimum Gasteiger partial charge on any atom is -0.493 e. The molecule has 0 aliphatic heterocycles. The number of rotatable bonds is 9. The standard InChI is InChI=1S/C19H28N2O4/c1-23-16-10-14(8-9-20-19(22)21-15-6-7-15)11-17(24-2)18(16)25-12-13-4-3-5-13/h10-11,13,15H,3-9,12H2,1-2H3,(H2,20,21,22). The number of carbonyl (C=O) groups is 1. The van der Waals surface area contributed by atoms with Crippen molar-refractivity contribution in [3.8, 4) is 17.2 Å². The molecule has 0 aromatic heterocycles. The van der Waals surface area contributed by atoms with Gasteiger partial charge in [0, 0.05) is 12.6 Å². The highest BCUT2D eigenvalue weighted by atomic mass is 16.5. The molecule has 138 valence electrons. The van der Waals surface area contributed by atoms with Crippen molar-refractivity contribution < 1.29 is 19.0 Å². The highest BCUT2D eigenvalue weighted by Gasteiger charge is 2.23. The minimum atomic E-state index is -0.0955. The Kier molecular flexibility index (Phi) is 5.89. The fraction of sp³-hybridized carbons (Fsp3) is 0.632. The molecule has 0 heterocycles. The molecule has 0 spiro atoms. The summed E-state index contributed by atoms with van der Waals surface area (Å²) in [4.78, 5) is 11.7. The second kappa shape index (κ2) is 8.32. The van der Waals surface area contributed by atoms with Gasteiger partial charge in [-0.3, -0.25) is 0 Å². The SMILES string of the molecule is COc1cc(CCNC(=O)NC2CC2)cc(OC)c1OCC1CCC1. The van der Waals surface area contributed by atoms with Gasteiger partial charge in [0.15, 0.2) is 11.5 Å². The van der Waals surface area contributed by atoms with E-state index in [2.05, 4.69) is 10.6 Å². The first-order valence-electron chi connectivity index (χ1n) is 9.11. The van der Waals surface area contributed by atoms with Crippen LogP contribution in [-0.4, -0.2) is 39.4 Å². The summed E-state index contributed by atoms with van der Waals surface area (Å²) in [5.74, 6) is 2.66. The lowest BCUT2D eigenvalue weighted by atomic mass is 9.86. The molecule has 2 fully saturated rings. The van der Waals surface area contributed by atoms with Crippen molar-refractivity contribution in [3.05, 3.63) is 17.7 Å². The molecule has 3 rings (SSSR count). The molecule has 0 atom stereocenters. The van der Waals surface area contributed by atoms with Crippen molar-refractivity contribution in [1.82, 2.24) is 10.6 Å². The first-order valence-corrected chi connectivity index (χ1v) is 9.11. The van der Waals surface area contributed by atoms with Crippen molar-refractivity contribution >= 4 is 6.03 Å². The number of benzene rings is 1. The molecule has 25 heavy (non-hydrogen) atoms. The summed E-state index contributed by atoms with van der Waals surface area (Å²) in [5, 5.41) is 5.80. The lowest BCUT2D eigenvalue weighted by Crippen LogP contribution is -2.37. The summed E-state index contributed by atoms with van der Waals surface area (Å²) in [6.45, 7) is 1.27. The number of nitrogens with one attached hydrogen (secondary N) is 2. The maximum Gasteiger partial charge on any atom is 0.315 e. The summed E-state index contributed by atoms with van der Waals surface area (Å²) in [7, 11) is 3.27. The van der Waals surface area contributed by atoms with E-state index in [4.69, 9.17) is 14.2 Å². The molecular weight excluding hydrogens is 320 g/mol. The normalized spacial score (nSPS) is 16.7. The zero-order valence-electron chi connectivity index (χ0n) is 15.1. The van der Waals surface area contributed by atoms with Crippen LogP contribution in [0.2, 0.25) is 0 Å². The van der Waals surface area contributed by atoms with Crippen LogP contribution in [0.4, 0.5) is 4.79 Å². The average Bonchev–Trinajstić information content (AvgIpc) is 3.37. The van der Waals surface area contributed by atoms with E-state index in [1.54, 1.807) is 14.2 Å². The minimum absolute atomic E-state index is 0.0955. The second-order valence-corrected chi connectivity index (χ2v) is 6.86. The molecule has 2 amide bonds. The predicted molar refractivity (Wildman–Crippen MR) is 95.6 cm³/mol. The molecular formula is C19H28N2O4. The van der Waals surface area contributed by atoms with Crippen LogP contribution in [0.5, 0.6) is 17.2 Å². The van der Waals surface area contributed by atoms with Crippen LogP contribution >= 0.6 is 0 Å². The Balaban J connectivity index is 1.57. The molecule has 0 unspecified atom stereocenters. The average molecular weight is 348 g/mol. The molecule has 0 saturated heterocycles. The smallest absolute Gasteiger partial charge is 0.315 e. The van der Waals surface area contributed by atoms with Crippen LogP contribution in [0.3, 0.4) is 0 Å². The summed E-state index contributed by atoms with van der Waals surface area (Å²) in [5.41, 5.74) is 1.04. The van der Waals surface area contributed by atoms with Gasteiger partial charge in [-0.1, -0.05) is 6.42 Å². The Morgan fingerprint density at radius 2 is 1.80 bits per heavy atom. The zero-order valence-corrected chi connectivity index (χ0v) is 15.1. The van der Waals surface area contributed by atoms with Crippen molar-refractivity contribution in [2.45, 2.75) is 44.6 Å². The van der Waals surface area contributed by atoms with Gasteiger partial charge in [-0.2, -0.15) is 0 Å². The van der Waals surface area contributed by atoms with Crippen LogP contribution in [0.1, 0.15) is 37.7 Å². The molecule has 0 bridgehead atoms. The monoisotopic (exact) mass is 348 g/mol. The molecule has 1 aromatic carbocycles. The Hall–Kier alpha value is -2.11. The van der Waals surface area contributed by atoms with E-state index in [1.165, 1.54) is 19.3 Å². The van der Waals surface area contributed by atoms with Crippen LogP contribution in [0.25, 0.3) is 0 Å². The lowest BCUT2D eigenvalue weighted by Gasteiger charge is -2.26. The number of amides is 2. The molecule has 2 N–H and O–H groups in total. The van der Waals surface area contributed by atoms with Crippen molar-refractivity contribution in [3.63, 3.8) is 0 Å². The van der Waals surface area contributed by atoms with Crippen molar-refractivity contribution in [2.24, 2.45) is 5.92 Å². The van der Waals surface area contributed by atoms with Gasteiger partial charge in [0.1, 0.15) is 0 Å². The summed E-state index contributed by atoms with van der Waals surface area (Å²) in [6.07, 6.45) is 6.64. The first-order chi connectivity index (χ1) is 12.2. The molecule has 0 radical (unpaired) electrons. The quantitative estimate of drug-likeness (QED) is 0.720. The van der Waals surface area contributed by atoms with E-state index in [0.29, 0.717) is 48.8 Å². The fourth-order valence-corrected chi connectivity index (χ4v) is 2.87. The topological polar surface area (TPSA) is 68.8 Å². The largest absolute Gasteiger partial charge is 0.493 e. The molecule has 2 saturated carbocycles. The van der Waals surface area contributed by atoms with Gasteiger partial charge in [-0.15, -0.1) is 0 Å². The van der Waals surface area contributed by atoms with E-state index >= 15 is 0 Å². The van der Waals surface area contributed by atoms with Crippen LogP contribution in [-0.2, 0) is 6.42 Å². The van der Waals surface area contributed by atoms with Crippen LogP contribution in [0, 0.1) is 5.92 Å².